The van der Waals surface area contributed by atoms with Gasteiger partial charge in [0.15, 0.2) is 0 Å². The number of hydrogen-bond donors (Lipinski definition) is 4. The molecule has 0 spiro atoms. The lowest BCUT2D eigenvalue weighted by Crippen LogP contribution is -2.65. The molecule has 1 aromatic heterocycles. The van der Waals surface area contributed by atoms with Crippen molar-refractivity contribution in [3.05, 3.63) is 40.2 Å². The average molecular weight is 459 g/mol. The van der Waals surface area contributed by atoms with Gasteiger partial charge < -0.3 is 29.4 Å². The first-order chi connectivity index (χ1) is 14.4. The molecule has 2 heterocycles. The number of aryl methyl sites for hydroxylation is 1. The van der Waals surface area contributed by atoms with Gasteiger partial charge in [0.25, 0.3) is 0 Å². The smallest absolute Gasteiger partial charge is 0.397 e. The van der Waals surface area contributed by atoms with Crippen LogP contribution in [-0.4, -0.2) is 66.3 Å². The molecule has 1 fully saturated rings. The first-order valence-corrected chi connectivity index (χ1v) is 10.4. The Hall–Kier alpha value is -2.55. The van der Waals surface area contributed by atoms with Gasteiger partial charge in [-0.1, -0.05) is 0 Å². The van der Waals surface area contributed by atoms with E-state index in [1.807, 2.05) is 0 Å². The normalized spacial score (nSPS) is 26.5. The van der Waals surface area contributed by atoms with Crippen LogP contribution in [0.1, 0.15) is 12.5 Å². The van der Waals surface area contributed by atoms with Crippen molar-refractivity contribution in [1.82, 2.24) is 5.32 Å². The highest BCUT2D eigenvalue weighted by Crippen LogP contribution is 2.27. The first-order valence-electron chi connectivity index (χ1n) is 9.06. The molecular formula is C18H21NO11S. The Bertz CT molecular complexity index is 1130. The van der Waals surface area contributed by atoms with E-state index >= 15 is 0 Å². The van der Waals surface area contributed by atoms with E-state index in [-0.39, 0.29) is 11.3 Å². The van der Waals surface area contributed by atoms with Gasteiger partial charge in [-0.15, -0.1) is 0 Å². The van der Waals surface area contributed by atoms with Gasteiger partial charge in [0.2, 0.25) is 12.2 Å². The van der Waals surface area contributed by atoms with E-state index in [1.54, 1.807) is 13.0 Å². The van der Waals surface area contributed by atoms with Crippen molar-refractivity contribution in [3.8, 4) is 5.75 Å². The minimum absolute atomic E-state index is 0.139. The number of hydrogen-bond acceptors (Lipinski definition) is 10. The van der Waals surface area contributed by atoms with Crippen molar-refractivity contribution in [2.45, 2.75) is 44.5 Å². The van der Waals surface area contributed by atoms with E-state index < -0.39 is 59.2 Å². The number of amides is 1. The van der Waals surface area contributed by atoms with Crippen LogP contribution >= 0.6 is 0 Å². The molecule has 5 atom stereocenters. The number of rotatable bonds is 6. The molecule has 1 aliphatic rings. The standard InChI is InChI=1S/C18H21NO11S/c1-8-5-14(21)29-12-6-10(3-4-11(8)12)28-18-15(19-9(2)20)17(23)16(22)13(30-18)7-27-31(24,25)26/h3-6,13,15-18,22-23H,7H2,1-2H3,(H,19,20)(H,24,25,26)/t13-,15-,16-,17-,18-/m1/s1. The van der Waals surface area contributed by atoms with Gasteiger partial charge in [0.1, 0.15) is 35.7 Å². The summed E-state index contributed by atoms with van der Waals surface area (Å²) < 4.78 is 51.0. The zero-order chi connectivity index (χ0) is 22.9. The van der Waals surface area contributed by atoms with E-state index in [9.17, 15) is 28.2 Å². The number of ether oxygens (including phenoxy) is 2. The van der Waals surface area contributed by atoms with Crippen molar-refractivity contribution in [2.75, 3.05) is 6.61 Å². The third kappa shape index (κ3) is 5.58. The van der Waals surface area contributed by atoms with E-state index in [0.29, 0.717) is 10.9 Å². The Morgan fingerprint density at radius 2 is 1.94 bits per heavy atom. The molecule has 1 amide bonds. The molecule has 0 aliphatic carbocycles. The quantitative estimate of drug-likeness (QED) is 0.315. The van der Waals surface area contributed by atoms with Crippen LogP contribution in [0.3, 0.4) is 0 Å². The Kier molecular flexibility index (Phi) is 6.64. The zero-order valence-electron chi connectivity index (χ0n) is 16.4. The van der Waals surface area contributed by atoms with E-state index in [4.69, 9.17) is 18.4 Å². The highest BCUT2D eigenvalue weighted by molar-refractivity contribution is 7.80. The molecule has 1 saturated heterocycles. The van der Waals surface area contributed by atoms with Crippen molar-refractivity contribution >= 4 is 27.3 Å². The van der Waals surface area contributed by atoms with Gasteiger partial charge in [-0.2, -0.15) is 8.42 Å². The fourth-order valence-corrected chi connectivity index (χ4v) is 3.53. The largest absolute Gasteiger partial charge is 0.462 e. The van der Waals surface area contributed by atoms with Crippen LogP contribution in [-0.2, 0) is 24.1 Å². The predicted molar refractivity (Wildman–Crippen MR) is 104 cm³/mol. The number of carbonyl (C=O) groups is 1. The van der Waals surface area contributed by atoms with Crippen molar-refractivity contribution in [1.29, 1.82) is 0 Å². The van der Waals surface area contributed by atoms with Crippen LogP contribution in [0.2, 0.25) is 0 Å². The third-order valence-electron chi connectivity index (χ3n) is 4.63. The van der Waals surface area contributed by atoms with Gasteiger partial charge in [0.05, 0.1) is 6.61 Å². The fraction of sp³-hybridized carbons (Fsp3) is 0.444. The zero-order valence-corrected chi connectivity index (χ0v) is 17.2. The van der Waals surface area contributed by atoms with Gasteiger partial charge in [-0.05, 0) is 24.6 Å². The van der Waals surface area contributed by atoms with Gasteiger partial charge >= 0.3 is 16.0 Å². The number of aliphatic hydroxyl groups excluding tert-OH is 2. The number of aliphatic hydroxyl groups is 2. The molecule has 0 radical (unpaired) electrons. The Morgan fingerprint density at radius 1 is 1.23 bits per heavy atom. The van der Waals surface area contributed by atoms with Gasteiger partial charge in [0, 0.05) is 24.4 Å². The van der Waals surface area contributed by atoms with Gasteiger partial charge in [-0.3, -0.25) is 9.35 Å². The van der Waals surface area contributed by atoms with Crippen LogP contribution in [0.15, 0.2) is 33.5 Å². The number of carbonyl (C=O) groups excluding carboxylic acids is 1. The molecule has 13 heteroatoms. The monoisotopic (exact) mass is 459 g/mol. The second kappa shape index (κ2) is 8.90. The lowest BCUT2D eigenvalue weighted by atomic mass is 9.97. The fourth-order valence-electron chi connectivity index (χ4n) is 3.22. The summed E-state index contributed by atoms with van der Waals surface area (Å²) in [5.41, 5.74) is 0.346. The highest BCUT2D eigenvalue weighted by Gasteiger charge is 2.46. The van der Waals surface area contributed by atoms with Crippen LogP contribution in [0.4, 0.5) is 0 Å². The molecule has 3 rings (SSSR count). The molecule has 1 aliphatic heterocycles. The maximum Gasteiger partial charge on any atom is 0.397 e. The first kappa shape index (κ1) is 23.1. The van der Waals surface area contributed by atoms with Crippen LogP contribution < -0.4 is 15.7 Å². The van der Waals surface area contributed by atoms with E-state index in [1.165, 1.54) is 25.1 Å². The topological polar surface area (TPSA) is 182 Å². The van der Waals surface area contributed by atoms with Crippen LogP contribution in [0.5, 0.6) is 5.75 Å². The molecule has 4 N–H and O–H groups in total. The molecule has 0 saturated carbocycles. The molecule has 170 valence electrons. The second-order valence-electron chi connectivity index (χ2n) is 6.99. The Balaban J connectivity index is 1.89. The summed E-state index contributed by atoms with van der Waals surface area (Å²) in [5, 5.41) is 23.7. The molecule has 31 heavy (non-hydrogen) atoms. The molecular weight excluding hydrogens is 438 g/mol. The van der Waals surface area contributed by atoms with Crippen molar-refractivity contribution in [2.24, 2.45) is 0 Å². The Labute approximate surface area is 176 Å². The summed E-state index contributed by atoms with van der Waals surface area (Å²) in [6.07, 6.45) is -6.12. The minimum atomic E-state index is -4.83. The summed E-state index contributed by atoms with van der Waals surface area (Å²) in [6.45, 7) is 2.08. The summed E-state index contributed by atoms with van der Waals surface area (Å²) in [4.78, 5) is 23.2. The lowest BCUT2D eigenvalue weighted by Gasteiger charge is -2.42. The van der Waals surface area contributed by atoms with Crippen LogP contribution in [0.25, 0.3) is 11.0 Å². The predicted octanol–water partition coefficient (Wildman–Crippen LogP) is -0.749. The minimum Gasteiger partial charge on any atom is -0.462 e. The molecule has 2 aromatic rings. The number of fused-ring (bicyclic) bond motifs is 1. The number of nitrogens with one attached hydrogen (secondary N) is 1. The van der Waals surface area contributed by atoms with E-state index in [2.05, 4.69) is 9.50 Å². The maximum absolute atomic E-state index is 11.6. The SMILES string of the molecule is CC(=O)N[C@H]1[C@H](Oc2ccc3c(C)cc(=O)oc3c2)O[C@H](COS(=O)(=O)O)[C@@H](O)[C@@H]1O. The maximum atomic E-state index is 11.6. The highest BCUT2D eigenvalue weighted by atomic mass is 32.3. The summed E-state index contributed by atoms with van der Waals surface area (Å²) in [6, 6.07) is 4.65. The summed E-state index contributed by atoms with van der Waals surface area (Å²) >= 11 is 0. The number of benzene rings is 1. The van der Waals surface area contributed by atoms with Gasteiger partial charge in [-0.25, -0.2) is 8.98 Å². The van der Waals surface area contributed by atoms with Crippen molar-refractivity contribution in [3.63, 3.8) is 0 Å². The molecule has 0 bridgehead atoms. The van der Waals surface area contributed by atoms with E-state index in [0.717, 1.165) is 0 Å². The summed E-state index contributed by atoms with van der Waals surface area (Å²) in [7, 11) is -4.83. The third-order valence-corrected chi connectivity index (χ3v) is 5.06. The lowest BCUT2D eigenvalue weighted by molar-refractivity contribution is -0.242. The molecule has 12 nitrogen and oxygen atoms in total. The summed E-state index contributed by atoms with van der Waals surface area (Å²) in [5.74, 6) is -0.416. The second-order valence-corrected chi connectivity index (χ2v) is 8.08. The molecule has 1 aromatic carbocycles. The Morgan fingerprint density at radius 3 is 2.58 bits per heavy atom. The van der Waals surface area contributed by atoms with Crippen molar-refractivity contribution < 1.29 is 46.1 Å². The molecule has 0 unspecified atom stereocenters. The average Bonchev–Trinajstić information content (AvgIpc) is 2.65. The van der Waals surface area contributed by atoms with Crippen LogP contribution in [0, 0.1) is 6.92 Å².